The van der Waals surface area contributed by atoms with Crippen LogP contribution in [0.3, 0.4) is 0 Å². The van der Waals surface area contributed by atoms with Crippen molar-refractivity contribution in [2.24, 2.45) is 0 Å². The first kappa shape index (κ1) is 26.6. The Kier molecular flexibility index (Phi) is 16.8. The Morgan fingerprint density at radius 3 is 1.86 bits per heavy atom. The monoisotopic (exact) mass is 400 g/mol. The molecular weight excluding hydrogens is 360 g/mol. The summed E-state index contributed by atoms with van der Waals surface area (Å²) in [5.41, 5.74) is -0.549. The Morgan fingerprint density at radius 2 is 1.29 bits per heavy atom. The van der Waals surface area contributed by atoms with E-state index in [-0.39, 0.29) is 0 Å². The summed E-state index contributed by atoms with van der Waals surface area (Å²) in [5, 5.41) is 4.46. The van der Waals surface area contributed by atoms with Gasteiger partial charge in [-0.15, -0.1) is 0 Å². The molecular formula is C22H40O6. The van der Waals surface area contributed by atoms with E-state index in [9.17, 15) is 9.59 Å². The van der Waals surface area contributed by atoms with E-state index in [2.05, 4.69) is 16.8 Å². The van der Waals surface area contributed by atoms with Crippen LogP contribution in [0.1, 0.15) is 105 Å². The zero-order valence-electron chi connectivity index (χ0n) is 18.3. The second kappa shape index (κ2) is 17.7. The van der Waals surface area contributed by atoms with Crippen LogP contribution >= 0.6 is 0 Å². The molecule has 0 N–H and O–H groups in total. The number of carbonyl (C=O) groups is 2. The third kappa shape index (κ3) is 18.0. The zero-order chi connectivity index (χ0) is 21.1. The molecule has 6 heteroatoms. The van der Waals surface area contributed by atoms with Crippen molar-refractivity contribution in [3.05, 3.63) is 12.2 Å². The Balaban J connectivity index is 3.58. The van der Waals surface area contributed by atoms with Gasteiger partial charge in [0.1, 0.15) is 5.60 Å². The van der Waals surface area contributed by atoms with Gasteiger partial charge in [0.2, 0.25) is 0 Å². The fourth-order valence-electron chi connectivity index (χ4n) is 2.76. The topological polar surface area (TPSA) is 71.1 Å². The van der Waals surface area contributed by atoms with Crippen LogP contribution in [-0.4, -0.2) is 24.1 Å². The van der Waals surface area contributed by atoms with Crippen LogP contribution in [0.15, 0.2) is 12.2 Å². The van der Waals surface area contributed by atoms with E-state index in [1.165, 1.54) is 51.4 Å². The van der Waals surface area contributed by atoms with Gasteiger partial charge in [-0.25, -0.2) is 9.59 Å². The van der Waals surface area contributed by atoms with Crippen molar-refractivity contribution in [3.8, 4) is 0 Å². The third-order valence-corrected chi connectivity index (χ3v) is 4.33. The van der Waals surface area contributed by atoms with E-state index in [1.54, 1.807) is 0 Å². The van der Waals surface area contributed by atoms with Crippen LogP contribution < -0.4 is 0 Å². The highest BCUT2D eigenvalue weighted by Gasteiger charge is 2.19. The third-order valence-electron chi connectivity index (χ3n) is 4.33. The molecule has 164 valence electrons. The number of hydrogen-bond donors (Lipinski definition) is 0. The van der Waals surface area contributed by atoms with E-state index in [1.807, 2.05) is 20.8 Å². The van der Waals surface area contributed by atoms with Gasteiger partial charge in [0.15, 0.2) is 0 Å². The van der Waals surface area contributed by atoms with Crippen LogP contribution in [0, 0.1) is 0 Å². The summed E-state index contributed by atoms with van der Waals surface area (Å²) in [7, 11) is 0. The van der Waals surface area contributed by atoms with Crippen LogP contribution in [0.4, 0.5) is 0 Å². The first-order valence-corrected chi connectivity index (χ1v) is 10.8. The summed E-state index contributed by atoms with van der Waals surface area (Å²) in [4.78, 5) is 32.4. The molecule has 0 saturated heterocycles. The molecule has 0 aromatic heterocycles. The van der Waals surface area contributed by atoms with Crippen molar-refractivity contribution >= 4 is 11.9 Å². The lowest BCUT2D eigenvalue weighted by Gasteiger charge is -2.20. The van der Waals surface area contributed by atoms with Gasteiger partial charge in [0, 0.05) is 12.2 Å². The van der Waals surface area contributed by atoms with E-state index >= 15 is 0 Å². The Morgan fingerprint density at radius 1 is 0.750 bits per heavy atom. The zero-order valence-corrected chi connectivity index (χ0v) is 18.3. The fraction of sp³-hybridized carbons (Fsp3) is 0.818. The summed E-state index contributed by atoms with van der Waals surface area (Å²) >= 11 is 0. The summed E-state index contributed by atoms with van der Waals surface area (Å²) in [6.07, 6.45) is 15.9. The SMILES string of the molecule is CCCCCCCCCCCCOC(=O)/C=C/C(=O)OOOC(C)(C)CCC. The maximum atomic E-state index is 11.5. The van der Waals surface area contributed by atoms with Crippen molar-refractivity contribution in [1.29, 1.82) is 0 Å². The minimum atomic E-state index is -0.830. The van der Waals surface area contributed by atoms with Crippen LogP contribution in [0.2, 0.25) is 0 Å². The summed E-state index contributed by atoms with van der Waals surface area (Å²) in [6.45, 7) is 8.25. The van der Waals surface area contributed by atoms with Crippen molar-refractivity contribution in [1.82, 2.24) is 0 Å². The average molecular weight is 401 g/mol. The molecule has 28 heavy (non-hydrogen) atoms. The van der Waals surface area contributed by atoms with Gasteiger partial charge in [0.05, 0.1) is 6.61 Å². The van der Waals surface area contributed by atoms with Gasteiger partial charge in [-0.05, 0) is 31.7 Å². The van der Waals surface area contributed by atoms with Crippen LogP contribution in [-0.2, 0) is 29.1 Å². The molecule has 0 fully saturated rings. The number of rotatable bonds is 18. The van der Waals surface area contributed by atoms with E-state index in [4.69, 9.17) is 9.62 Å². The molecule has 0 aromatic rings. The quantitative estimate of drug-likeness (QED) is 0.0925. The fourth-order valence-corrected chi connectivity index (χ4v) is 2.76. The lowest BCUT2D eigenvalue weighted by molar-refractivity contribution is -0.515. The molecule has 0 amide bonds. The lowest BCUT2D eigenvalue weighted by atomic mass is 10.0. The summed E-state index contributed by atoms with van der Waals surface area (Å²) < 4.78 is 5.05. The molecule has 0 atom stereocenters. The van der Waals surface area contributed by atoms with Gasteiger partial charge in [0.25, 0.3) is 0 Å². The van der Waals surface area contributed by atoms with Gasteiger partial charge in [-0.1, -0.05) is 78.1 Å². The Labute approximate surface area is 170 Å². The Hall–Kier alpha value is -1.40. The van der Waals surface area contributed by atoms with E-state index in [0.29, 0.717) is 6.61 Å². The second-order valence-corrected chi connectivity index (χ2v) is 7.75. The summed E-state index contributed by atoms with van der Waals surface area (Å²) in [6, 6.07) is 0. The average Bonchev–Trinajstić information content (AvgIpc) is 2.64. The van der Waals surface area contributed by atoms with Gasteiger partial charge in [-0.3, -0.25) is 4.89 Å². The molecule has 0 unspecified atom stereocenters. The predicted molar refractivity (Wildman–Crippen MR) is 109 cm³/mol. The predicted octanol–water partition coefficient (Wildman–Crippen LogP) is 5.99. The van der Waals surface area contributed by atoms with Crippen LogP contribution in [0.5, 0.6) is 0 Å². The van der Waals surface area contributed by atoms with Gasteiger partial charge >= 0.3 is 11.9 Å². The van der Waals surface area contributed by atoms with Gasteiger partial charge < -0.3 is 4.74 Å². The van der Waals surface area contributed by atoms with Crippen molar-refractivity contribution in [3.63, 3.8) is 0 Å². The molecule has 0 bridgehead atoms. The molecule has 0 heterocycles. The van der Waals surface area contributed by atoms with Crippen molar-refractivity contribution in [2.75, 3.05) is 6.61 Å². The molecule has 0 aromatic carbocycles. The summed E-state index contributed by atoms with van der Waals surface area (Å²) in [5.74, 6) is -1.40. The van der Waals surface area contributed by atoms with E-state index in [0.717, 1.165) is 37.8 Å². The molecule has 0 aliphatic carbocycles. The first-order valence-electron chi connectivity index (χ1n) is 10.8. The number of carbonyl (C=O) groups excluding carboxylic acids is 2. The van der Waals surface area contributed by atoms with Crippen molar-refractivity contribution < 1.29 is 29.1 Å². The second-order valence-electron chi connectivity index (χ2n) is 7.75. The number of hydrogen-bond acceptors (Lipinski definition) is 6. The molecule has 0 rings (SSSR count). The van der Waals surface area contributed by atoms with E-state index < -0.39 is 17.5 Å². The molecule has 0 spiro atoms. The molecule has 6 nitrogen and oxygen atoms in total. The molecule has 0 aliphatic rings. The maximum absolute atomic E-state index is 11.5. The Bertz CT molecular complexity index is 431. The smallest absolute Gasteiger partial charge is 0.369 e. The highest BCUT2D eigenvalue weighted by atomic mass is 17.5. The normalized spacial score (nSPS) is 11.7. The minimum Gasteiger partial charge on any atom is -0.463 e. The molecule has 0 aliphatic heterocycles. The number of esters is 1. The highest BCUT2D eigenvalue weighted by Crippen LogP contribution is 2.16. The van der Waals surface area contributed by atoms with Crippen molar-refractivity contribution in [2.45, 2.75) is 110 Å². The largest absolute Gasteiger partial charge is 0.463 e. The first-order chi connectivity index (χ1) is 13.4. The molecule has 0 radical (unpaired) electrons. The van der Waals surface area contributed by atoms with Crippen LogP contribution in [0.25, 0.3) is 0 Å². The standard InChI is InChI=1S/C22H40O6/c1-5-7-8-9-10-11-12-13-14-15-19-25-20(23)16-17-21(24)26-28-27-22(3,4)18-6-2/h16-17H,5-15,18-19H2,1-4H3/b17-16+. The highest BCUT2D eigenvalue weighted by molar-refractivity contribution is 5.91. The lowest BCUT2D eigenvalue weighted by Crippen LogP contribution is -2.24. The molecule has 0 saturated carbocycles. The maximum Gasteiger partial charge on any atom is 0.369 e. The minimum absolute atomic E-state index is 0.361. The van der Waals surface area contributed by atoms with Gasteiger partial charge in [-0.2, -0.15) is 4.89 Å². The number of unbranched alkanes of at least 4 members (excludes halogenated alkanes) is 9. The number of ether oxygens (including phenoxy) is 1.